The first-order valence-electron chi connectivity index (χ1n) is 6.85. The number of hydrogen-bond donors (Lipinski definition) is 0. The molecule has 1 unspecified atom stereocenters. The second kappa shape index (κ2) is 5.64. The van der Waals surface area contributed by atoms with E-state index in [2.05, 4.69) is 48.0 Å². The van der Waals surface area contributed by atoms with E-state index in [4.69, 9.17) is 4.74 Å². The Hall–Kier alpha value is -0.510. The van der Waals surface area contributed by atoms with E-state index < -0.39 is 0 Å². The largest absolute Gasteiger partial charge is 0.381 e. The van der Waals surface area contributed by atoms with Crippen LogP contribution in [-0.2, 0) is 11.2 Å². The Morgan fingerprint density at radius 1 is 1.28 bits per heavy atom. The molecule has 1 atom stereocenters. The summed E-state index contributed by atoms with van der Waals surface area (Å²) < 4.78 is 5.44. The molecule has 2 nitrogen and oxygen atoms in total. The Labute approximate surface area is 114 Å². The zero-order valence-electron chi connectivity index (χ0n) is 11.0. The molecule has 2 heterocycles. The molecule has 0 N–H and O–H groups in total. The van der Waals surface area contributed by atoms with E-state index in [0.29, 0.717) is 0 Å². The summed E-state index contributed by atoms with van der Waals surface area (Å²) in [5.74, 6) is 0. The highest BCUT2D eigenvalue weighted by atomic mass is 32.2. The van der Waals surface area contributed by atoms with Crippen LogP contribution >= 0.6 is 11.8 Å². The molecule has 0 radical (unpaired) electrons. The van der Waals surface area contributed by atoms with Crippen molar-refractivity contribution in [2.24, 2.45) is 0 Å². The SMILES string of the molecule is CN(CC1Cc2ccccc2S1)C1CCOCC1. The van der Waals surface area contributed by atoms with Gasteiger partial charge < -0.3 is 9.64 Å². The molecule has 0 amide bonds. The van der Waals surface area contributed by atoms with Gasteiger partial charge in [-0.25, -0.2) is 0 Å². The first kappa shape index (κ1) is 12.5. The van der Waals surface area contributed by atoms with E-state index in [0.717, 1.165) is 24.5 Å². The summed E-state index contributed by atoms with van der Waals surface area (Å²) in [5.41, 5.74) is 1.54. The summed E-state index contributed by atoms with van der Waals surface area (Å²) in [5, 5.41) is 0.732. The maximum absolute atomic E-state index is 5.44. The quantitative estimate of drug-likeness (QED) is 0.832. The van der Waals surface area contributed by atoms with Crippen LogP contribution in [-0.4, -0.2) is 43.0 Å². The normalized spacial score (nSPS) is 24.4. The first-order chi connectivity index (χ1) is 8.83. The van der Waals surface area contributed by atoms with Gasteiger partial charge in [0, 0.05) is 35.9 Å². The predicted molar refractivity (Wildman–Crippen MR) is 76.3 cm³/mol. The van der Waals surface area contributed by atoms with E-state index in [-0.39, 0.29) is 0 Å². The van der Waals surface area contributed by atoms with Gasteiger partial charge in [-0.05, 0) is 37.9 Å². The summed E-state index contributed by atoms with van der Waals surface area (Å²) in [4.78, 5) is 4.04. The standard InChI is InChI=1S/C15H21NOS/c1-16(13-6-8-17-9-7-13)11-14-10-12-4-2-3-5-15(12)18-14/h2-5,13-14H,6-11H2,1H3. The highest BCUT2D eigenvalue weighted by Gasteiger charge is 2.26. The molecule has 0 bridgehead atoms. The molecule has 3 rings (SSSR count). The van der Waals surface area contributed by atoms with Crippen molar-refractivity contribution >= 4 is 11.8 Å². The minimum absolute atomic E-state index is 0.725. The Balaban J connectivity index is 1.55. The van der Waals surface area contributed by atoms with Crippen molar-refractivity contribution < 1.29 is 4.74 Å². The molecule has 1 saturated heterocycles. The van der Waals surface area contributed by atoms with Gasteiger partial charge in [0.05, 0.1) is 0 Å². The van der Waals surface area contributed by atoms with Crippen LogP contribution in [0.5, 0.6) is 0 Å². The molecule has 0 spiro atoms. The molecular weight excluding hydrogens is 242 g/mol. The van der Waals surface area contributed by atoms with E-state index in [1.807, 2.05) is 0 Å². The van der Waals surface area contributed by atoms with Crippen molar-refractivity contribution in [3.8, 4) is 0 Å². The van der Waals surface area contributed by atoms with Gasteiger partial charge in [-0.2, -0.15) is 0 Å². The lowest BCUT2D eigenvalue weighted by atomic mass is 10.1. The van der Waals surface area contributed by atoms with Gasteiger partial charge >= 0.3 is 0 Å². The molecule has 2 aliphatic heterocycles. The van der Waals surface area contributed by atoms with E-state index in [1.54, 1.807) is 0 Å². The molecule has 0 aliphatic carbocycles. The molecule has 2 aliphatic rings. The number of nitrogens with zero attached hydrogens (tertiary/aromatic N) is 1. The predicted octanol–water partition coefficient (Wildman–Crippen LogP) is 2.81. The zero-order valence-corrected chi connectivity index (χ0v) is 11.8. The van der Waals surface area contributed by atoms with Crippen LogP contribution in [0.15, 0.2) is 29.2 Å². The Bertz CT molecular complexity index is 378. The number of thioether (sulfide) groups is 1. The van der Waals surface area contributed by atoms with E-state index in [9.17, 15) is 0 Å². The van der Waals surface area contributed by atoms with Gasteiger partial charge in [-0.1, -0.05) is 18.2 Å². The molecule has 1 fully saturated rings. The average molecular weight is 263 g/mol. The highest BCUT2D eigenvalue weighted by Crippen LogP contribution is 2.37. The number of hydrogen-bond acceptors (Lipinski definition) is 3. The summed E-state index contributed by atoms with van der Waals surface area (Å²) >= 11 is 2.06. The maximum atomic E-state index is 5.44. The number of rotatable bonds is 3. The number of ether oxygens (including phenoxy) is 1. The minimum Gasteiger partial charge on any atom is -0.381 e. The molecule has 18 heavy (non-hydrogen) atoms. The fraction of sp³-hybridized carbons (Fsp3) is 0.600. The van der Waals surface area contributed by atoms with Crippen LogP contribution < -0.4 is 0 Å². The molecule has 0 saturated carbocycles. The lowest BCUT2D eigenvalue weighted by molar-refractivity contribution is 0.0433. The van der Waals surface area contributed by atoms with Crippen molar-refractivity contribution in [3.63, 3.8) is 0 Å². The minimum atomic E-state index is 0.725. The lowest BCUT2D eigenvalue weighted by Gasteiger charge is -2.32. The van der Waals surface area contributed by atoms with Gasteiger partial charge in [0.25, 0.3) is 0 Å². The van der Waals surface area contributed by atoms with Gasteiger partial charge in [0.15, 0.2) is 0 Å². The average Bonchev–Trinajstić information content (AvgIpc) is 2.82. The molecule has 1 aromatic carbocycles. The van der Waals surface area contributed by atoms with Gasteiger partial charge in [-0.15, -0.1) is 11.8 Å². The second-order valence-electron chi connectivity index (χ2n) is 5.33. The Morgan fingerprint density at radius 2 is 2.06 bits per heavy atom. The fourth-order valence-corrected chi connectivity index (χ4v) is 4.34. The van der Waals surface area contributed by atoms with Crippen molar-refractivity contribution in [1.82, 2.24) is 4.90 Å². The van der Waals surface area contributed by atoms with Crippen LogP contribution in [0.25, 0.3) is 0 Å². The van der Waals surface area contributed by atoms with Crippen molar-refractivity contribution in [1.29, 1.82) is 0 Å². The highest BCUT2D eigenvalue weighted by molar-refractivity contribution is 8.00. The molecule has 98 valence electrons. The zero-order chi connectivity index (χ0) is 12.4. The summed E-state index contributed by atoms with van der Waals surface area (Å²) in [6.45, 7) is 3.07. The van der Waals surface area contributed by atoms with E-state index >= 15 is 0 Å². The third-order valence-electron chi connectivity index (χ3n) is 4.02. The van der Waals surface area contributed by atoms with Gasteiger partial charge in [0.2, 0.25) is 0 Å². The van der Waals surface area contributed by atoms with Crippen molar-refractivity contribution in [2.75, 3.05) is 26.8 Å². The Morgan fingerprint density at radius 3 is 2.83 bits per heavy atom. The molecular formula is C15H21NOS. The topological polar surface area (TPSA) is 12.5 Å². The van der Waals surface area contributed by atoms with Gasteiger partial charge in [-0.3, -0.25) is 0 Å². The van der Waals surface area contributed by atoms with Gasteiger partial charge in [0.1, 0.15) is 0 Å². The molecule has 1 aromatic rings. The molecule has 3 heteroatoms. The van der Waals surface area contributed by atoms with E-state index in [1.165, 1.54) is 36.3 Å². The van der Waals surface area contributed by atoms with Crippen LogP contribution in [0.2, 0.25) is 0 Å². The van der Waals surface area contributed by atoms with Crippen LogP contribution in [0.3, 0.4) is 0 Å². The second-order valence-corrected chi connectivity index (χ2v) is 6.68. The summed E-state index contributed by atoms with van der Waals surface area (Å²) in [6.07, 6.45) is 3.62. The van der Waals surface area contributed by atoms with Crippen LogP contribution in [0.1, 0.15) is 18.4 Å². The first-order valence-corrected chi connectivity index (χ1v) is 7.73. The van der Waals surface area contributed by atoms with Crippen molar-refractivity contribution in [3.05, 3.63) is 29.8 Å². The third kappa shape index (κ3) is 2.73. The maximum Gasteiger partial charge on any atom is 0.0480 e. The smallest absolute Gasteiger partial charge is 0.0480 e. The fourth-order valence-electron chi connectivity index (χ4n) is 2.95. The third-order valence-corrected chi connectivity index (χ3v) is 5.32. The monoisotopic (exact) mass is 263 g/mol. The lowest BCUT2D eigenvalue weighted by Crippen LogP contribution is -2.40. The Kier molecular flexibility index (Phi) is 3.92. The van der Waals surface area contributed by atoms with Crippen LogP contribution in [0, 0.1) is 0 Å². The van der Waals surface area contributed by atoms with Crippen molar-refractivity contribution in [2.45, 2.75) is 35.4 Å². The summed E-state index contributed by atoms with van der Waals surface area (Å²) in [6, 6.07) is 9.56. The molecule has 0 aromatic heterocycles. The summed E-state index contributed by atoms with van der Waals surface area (Å²) in [7, 11) is 2.28. The van der Waals surface area contributed by atoms with Crippen LogP contribution in [0.4, 0.5) is 0 Å². The number of fused-ring (bicyclic) bond motifs is 1. The number of benzene rings is 1.